The highest BCUT2D eigenvalue weighted by Crippen LogP contribution is 2.32. The number of halogens is 1. The second-order valence-electron chi connectivity index (χ2n) is 4.93. The number of rotatable bonds is 5. The molecular formula is C14H20ClNO. The summed E-state index contributed by atoms with van der Waals surface area (Å²) in [6.45, 7) is 3.54. The predicted molar refractivity (Wildman–Crippen MR) is 71.8 cm³/mol. The van der Waals surface area contributed by atoms with Crippen LogP contribution in [0.1, 0.15) is 37.7 Å². The molecule has 94 valence electrons. The highest BCUT2D eigenvalue weighted by atomic mass is 35.5. The summed E-state index contributed by atoms with van der Waals surface area (Å²) in [6, 6.07) is 5.81. The molecule has 0 heterocycles. The largest absolute Gasteiger partial charge is 0.493 e. The maximum atomic E-state index is 6.02. The molecule has 1 saturated carbocycles. The average molecular weight is 254 g/mol. The molecule has 0 radical (unpaired) electrons. The lowest BCUT2D eigenvalue weighted by atomic mass is 9.86. The quantitative estimate of drug-likeness (QED) is 0.871. The Morgan fingerprint density at radius 3 is 2.82 bits per heavy atom. The minimum absolute atomic E-state index is 0.282. The third-order valence-electron chi connectivity index (χ3n) is 3.56. The first-order valence-corrected chi connectivity index (χ1v) is 6.71. The summed E-state index contributed by atoms with van der Waals surface area (Å²) in [4.78, 5) is 0. The van der Waals surface area contributed by atoms with Crippen molar-refractivity contribution >= 4 is 11.6 Å². The summed E-state index contributed by atoms with van der Waals surface area (Å²) in [5.74, 6) is 1.97. The van der Waals surface area contributed by atoms with Gasteiger partial charge in [-0.1, -0.05) is 24.9 Å². The highest BCUT2D eigenvalue weighted by Gasteiger charge is 2.19. The van der Waals surface area contributed by atoms with Crippen LogP contribution in [-0.4, -0.2) is 13.2 Å². The first-order valence-electron chi connectivity index (χ1n) is 6.33. The number of hydrogen-bond donors (Lipinski definition) is 1. The highest BCUT2D eigenvalue weighted by molar-refractivity contribution is 6.30. The lowest BCUT2D eigenvalue weighted by molar-refractivity contribution is 0.179. The molecule has 17 heavy (non-hydrogen) atoms. The van der Waals surface area contributed by atoms with Crippen LogP contribution < -0.4 is 10.5 Å². The van der Waals surface area contributed by atoms with Crippen molar-refractivity contribution in [1.29, 1.82) is 0 Å². The van der Waals surface area contributed by atoms with E-state index in [9.17, 15) is 0 Å². The monoisotopic (exact) mass is 253 g/mol. The maximum Gasteiger partial charge on any atom is 0.122 e. The minimum atomic E-state index is 0.282. The normalized spacial score (nSPS) is 17.6. The van der Waals surface area contributed by atoms with E-state index in [1.807, 2.05) is 18.2 Å². The lowest BCUT2D eigenvalue weighted by Gasteiger charge is -2.26. The molecule has 0 amide bonds. The Morgan fingerprint density at radius 2 is 2.24 bits per heavy atom. The smallest absolute Gasteiger partial charge is 0.122 e. The Morgan fingerprint density at radius 1 is 1.47 bits per heavy atom. The molecule has 2 rings (SSSR count). The molecule has 0 aromatic heterocycles. The molecule has 0 spiro atoms. The average Bonchev–Trinajstić information content (AvgIpc) is 2.27. The summed E-state index contributed by atoms with van der Waals surface area (Å²) >= 11 is 6.02. The Balaban J connectivity index is 2.07. The van der Waals surface area contributed by atoms with Crippen LogP contribution in [0.25, 0.3) is 0 Å². The van der Waals surface area contributed by atoms with Crippen LogP contribution in [-0.2, 0) is 0 Å². The van der Waals surface area contributed by atoms with Crippen molar-refractivity contribution in [2.75, 3.05) is 13.2 Å². The van der Waals surface area contributed by atoms with E-state index in [2.05, 4.69) is 6.92 Å². The van der Waals surface area contributed by atoms with Crippen LogP contribution in [0.3, 0.4) is 0 Å². The van der Waals surface area contributed by atoms with E-state index in [0.717, 1.165) is 28.9 Å². The van der Waals surface area contributed by atoms with E-state index in [0.29, 0.717) is 6.54 Å². The fourth-order valence-corrected chi connectivity index (χ4v) is 2.21. The zero-order valence-electron chi connectivity index (χ0n) is 10.3. The van der Waals surface area contributed by atoms with Crippen LogP contribution in [0.4, 0.5) is 0 Å². The van der Waals surface area contributed by atoms with Gasteiger partial charge in [0.1, 0.15) is 5.75 Å². The number of ether oxygens (including phenoxy) is 1. The first kappa shape index (κ1) is 12.7. The molecule has 0 bridgehead atoms. The summed E-state index contributed by atoms with van der Waals surface area (Å²) < 4.78 is 5.90. The van der Waals surface area contributed by atoms with Crippen LogP contribution >= 0.6 is 11.6 Å². The van der Waals surface area contributed by atoms with Gasteiger partial charge in [0.05, 0.1) is 6.61 Å². The standard InChI is InChI=1S/C14H20ClNO/c1-10(8-16)13-7-12(15)5-6-14(13)17-9-11-3-2-4-11/h5-7,10-11H,2-4,8-9,16H2,1H3. The molecule has 2 nitrogen and oxygen atoms in total. The van der Waals surface area contributed by atoms with Crippen molar-refractivity contribution < 1.29 is 4.74 Å². The van der Waals surface area contributed by atoms with Gasteiger partial charge in [-0.25, -0.2) is 0 Å². The second-order valence-corrected chi connectivity index (χ2v) is 5.36. The first-order chi connectivity index (χ1) is 8.20. The Kier molecular flexibility index (Phi) is 4.30. The Labute approximate surface area is 108 Å². The van der Waals surface area contributed by atoms with E-state index in [1.165, 1.54) is 19.3 Å². The van der Waals surface area contributed by atoms with E-state index in [4.69, 9.17) is 22.1 Å². The zero-order chi connectivity index (χ0) is 12.3. The summed E-state index contributed by atoms with van der Waals surface area (Å²) in [5, 5.41) is 0.747. The van der Waals surface area contributed by atoms with Crippen LogP contribution in [0.2, 0.25) is 5.02 Å². The zero-order valence-corrected chi connectivity index (χ0v) is 11.0. The minimum Gasteiger partial charge on any atom is -0.493 e. The molecule has 0 aliphatic heterocycles. The number of nitrogens with two attached hydrogens (primary N) is 1. The van der Waals surface area contributed by atoms with Gasteiger partial charge in [0, 0.05) is 5.02 Å². The van der Waals surface area contributed by atoms with Gasteiger partial charge < -0.3 is 10.5 Å². The Bertz CT molecular complexity index is 376. The van der Waals surface area contributed by atoms with Crippen LogP contribution in [0.5, 0.6) is 5.75 Å². The fraction of sp³-hybridized carbons (Fsp3) is 0.571. The molecule has 2 N–H and O–H groups in total. The molecule has 1 aromatic rings. The van der Waals surface area contributed by atoms with Gasteiger partial charge in [0.2, 0.25) is 0 Å². The third-order valence-corrected chi connectivity index (χ3v) is 3.79. The van der Waals surface area contributed by atoms with Gasteiger partial charge in [-0.3, -0.25) is 0 Å². The summed E-state index contributed by atoms with van der Waals surface area (Å²) in [7, 11) is 0. The Hall–Kier alpha value is -0.730. The predicted octanol–water partition coefficient (Wildman–Crippen LogP) is 3.58. The van der Waals surface area contributed by atoms with Gasteiger partial charge in [0.15, 0.2) is 0 Å². The van der Waals surface area contributed by atoms with Crippen molar-refractivity contribution in [2.24, 2.45) is 11.7 Å². The molecule has 1 unspecified atom stereocenters. The molecule has 1 aromatic carbocycles. The number of benzene rings is 1. The SMILES string of the molecule is CC(CN)c1cc(Cl)ccc1OCC1CCC1. The van der Waals surface area contributed by atoms with Crippen molar-refractivity contribution in [1.82, 2.24) is 0 Å². The number of hydrogen-bond acceptors (Lipinski definition) is 2. The van der Waals surface area contributed by atoms with Crippen molar-refractivity contribution in [3.63, 3.8) is 0 Å². The van der Waals surface area contributed by atoms with E-state index in [-0.39, 0.29) is 5.92 Å². The molecule has 0 saturated heterocycles. The van der Waals surface area contributed by atoms with Crippen molar-refractivity contribution in [2.45, 2.75) is 32.1 Å². The van der Waals surface area contributed by atoms with Gasteiger partial charge in [-0.2, -0.15) is 0 Å². The van der Waals surface area contributed by atoms with Crippen LogP contribution in [0.15, 0.2) is 18.2 Å². The van der Waals surface area contributed by atoms with Crippen molar-refractivity contribution in [3.05, 3.63) is 28.8 Å². The molecule has 1 aliphatic carbocycles. The van der Waals surface area contributed by atoms with E-state index < -0.39 is 0 Å². The fourth-order valence-electron chi connectivity index (χ4n) is 2.03. The maximum absolute atomic E-state index is 6.02. The second kappa shape index (κ2) is 5.74. The summed E-state index contributed by atoms with van der Waals surface area (Å²) in [6.07, 6.45) is 3.95. The van der Waals surface area contributed by atoms with Crippen LogP contribution in [0, 0.1) is 5.92 Å². The summed E-state index contributed by atoms with van der Waals surface area (Å²) in [5.41, 5.74) is 6.84. The topological polar surface area (TPSA) is 35.2 Å². The van der Waals surface area contributed by atoms with E-state index in [1.54, 1.807) is 0 Å². The van der Waals surface area contributed by atoms with Gasteiger partial charge in [-0.05, 0) is 55.0 Å². The molecular weight excluding hydrogens is 234 g/mol. The van der Waals surface area contributed by atoms with Crippen molar-refractivity contribution in [3.8, 4) is 5.75 Å². The third kappa shape index (κ3) is 3.14. The molecule has 1 fully saturated rings. The molecule has 3 heteroatoms. The lowest BCUT2D eigenvalue weighted by Crippen LogP contribution is -2.20. The van der Waals surface area contributed by atoms with Gasteiger partial charge >= 0.3 is 0 Å². The van der Waals surface area contributed by atoms with E-state index >= 15 is 0 Å². The van der Waals surface area contributed by atoms with Gasteiger partial charge in [0.25, 0.3) is 0 Å². The van der Waals surface area contributed by atoms with Gasteiger partial charge in [-0.15, -0.1) is 0 Å². The molecule has 1 aliphatic rings. The molecule has 1 atom stereocenters.